The van der Waals surface area contributed by atoms with Gasteiger partial charge in [-0.1, -0.05) is 41.9 Å². The van der Waals surface area contributed by atoms with Crippen LogP contribution in [0.3, 0.4) is 0 Å². The van der Waals surface area contributed by atoms with E-state index in [1.807, 2.05) is 23.6 Å². The quantitative estimate of drug-likeness (QED) is 0.507. The Morgan fingerprint density at radius 2 is 1.93 bits per heavy atom. The predicted molar refractivity (Wildman–Crippen MR) is 116 cm³/mol. The second kappa shape index (κ2) is 10.2. The van der Waals surface area contributed by atoms with Crippen molar-refractivity contribution in [2.24, 2.45) is 5.73 Å². The Balaban J connectivity index is 2.10. The number of pyridine rings is 1. The Bertz CT molecular complexity index is 1010. The lowest BCUT2D eigenvalue weighted by atomic mass is 10.1. The first kappa shape index (κ1) is 22.4. The minimum atomic E-state index is -0.888. The molecular weight excluding hydrogens is 447 g/mol. The number of primary amides is 1. The summed E-state index contributed by atoms with van der Waals surface area (Å²) in [6.07, 6.45) is 2.51. The normalized spacial score (nSPS) is 12.0. The van der Waals surface area contributed by atoms with Gasteiger partial charge in [-0.15, -0.1) is 0 Å². The van der Waals surface area contributed by atoms with Crippen LogP contribution in [-0.2, 0) is 17.9 Å². The number of hydrogen-bond donors (Lipinski definition) is 2. The van der Waals surface area contributed by atoms with Crippen LogP contribution in [0.25, 0.3) is 0 Å². The maximum atomic E-state index is 11.2. The largest absolute Gasteiger partial charge is 0.442 e. The number of carbonyl (C=O) groups is 1. The number of nitrogens with two attached hydrogens (primary N) is 1. The molecule has 0 radical (unpaired) electrons. The van der Waals surface area contributed by atoms with E-state index in [1.165, 1.54) is 11.8 Å². The number of halogens is 2. The van der Waals surface area contributed by atoms with Gasteiger partial charge in [-0.05, 0) is 35.9 Å². The first-order valence-electron chi connectivity index (χ1n) is 9.02. The molecule has 10 heteroatoms. The summed E-state index contributed by atoms with van der Waals surface area (Å²) in [5.74, 6) is 0.268. The first-order valence-corrected chi connectivity index (χ1v) is 10.6. The third kappa shape index (κ3) is 5.66. The molecule has 2 heterocycles. The van der Waals surface area contributed by atoms with Crippen molar-refractivity contribution in [1.82, 2.24) is 14.5 Å². The topological polar surface area (TPSA) is 103 Å². The minimum absolute atomic E-state index is 0.0910. The lowest BCUT2D eigenvalue weighted by Crippen LogP contribution is -2.15. The molecule has 0 saturated carbocycles. The van der Waals surface area contributed by atoms with Gasteiger partial charge in [-0.2, -0.15) is 0 Å². The summed E-state index contributed by atoms with van der Waals surface area (Å²) in [5.41, 5.74) is 6.81. The number of benzene rings is 1. The summed E-state index contributed by atoms with van der Waals surface area (Å²) in [6.45, 7) is 2.14. The summed E-state index contributed by atoms with van der Waals surface area (Å²) in [4.78, 5) is 20.7. The van der Waals surface area contributed by atoms with Crippen LogP contribution < -0.4 is 5.73 Å². The number of imidazole rings is 1. The highest BCUT2D eigenvalue weighted by Crippen LogP contribution is 2.37. The lowest BCUT2D eigenvalue weighted by molar-refractivity contribution is 0.145. The van der Waals surface area contributed by atoms with E-state index in [4.69, 9.17) is 33.7 Å². The first-order chi connectivity index (χ1) is 14.4. The molecule has 3 aromatic rings. The molecule has 30 heavy (non-hydrogen) atoms. The monoisotopic (exact) mass is 466 g/mol. The van der Waals surface area contributed by atoms with Crippen LogP contribution >= 0.6 is 35.0 Å². The number of rotatable bonds is 8. The molecule has 7 nitrogen and oxygen atoms in total. The lowest BCUT2D eigenvalue weighted by Gasteiger charge is -2.14. The van der Waals surface area contributed by atoms with Gasteiger partial charge in [0.25, 0.3) is 0 Å². The van der Waals surface area contributed by atoms with E-state index < -0.39 is 6.09 Å². The summed E-state index contributed by atoms with van der Waals surface area (Å²) < 4.78 is 6.94. The molecule has 0 bridgehead atoms. The van der Waals surface area contributed by atoms with E-state index in [9.17, 15) is 9.90 Å². The molecular formula is C20H20Cl2N4O3S. The standard InChI is InChI=1S/C20H20Cl2N4O3S/c1-12(10-27)18-19(30-16-7-14(21)6-15(22)8-16)26(9-13-2-4-24-5-3-13)17(25-18)11-29-20(23)28/h2-8,12,27H,9-11H2,1H3,(H2,23,28). The fraction of sp³-hybridized carbons (Fsp3) is 0.250. The van der Waals surface area contributed by atoms with E-state index in [2.05, 4.69) is 9.97 Å². The van der Waals surface area contributed by atoms with Gasteiger partial charge in [0.2, 0.25) is 0 Å². The fourth-order valence-corrected chi connectivity index (χ4v) is 4.68. The average Bonchev–Trinajstić information content (AvgIpc) is 3.03. The van der Waals surface area contributed by atoms with Crippen LogP contribution in [-0.4, -0.2) is 32.3 Å². The van der Waals surface area contributed by atoms with E-state index in [1.54, 1.807) is 30.6 Å². The molecule has 1 unspecified atom stereocenters. The van der Waals surface area contributed by atoms with Crippen molar-refractivity contribution in [3.63, 3.8) is 0 Å². The molecule has 1 atom stereocenters. The van der Waals surface area contributed by atoms with Gasteiger partial charge in [0.15, 0.2) is 6.61 Å². The molecule has 0 fully saturated rings. The van der Waals surface area contributed by atoms with Crippen molar-refractivity contribution in [3.8, 4) is 0 Å². The number of aliphatic hydroxyl groups excluding tert-OH is 1. The highest BCUT2D eigenvalue weighted by molar-refractivity contribution is 7.99. The summed E-state index contributed by atoms with van der Waals surface area (Å²) in [6, 6.07) is 9.03. The second-order valence-electron chi connectivity index (χ2n) is 6.56. The van der Waals surface area contributed by atoms with Crippen LogP contribution in [0.15, 0.2) is 52.6 Å². The Hall–Kier alpha value is -2.26. The van der Waals surface area contributed by atoms with Crippen LogP contribution in [0.1, 0.15) is 29.9 Å². The smallest absolute Gasteiger partial charge is 0.404 e. The van der Waals surface area contributed by atoms with E-state index in [0.717, 1.165) is 15.5 Å². The zero-order valence-electron chi connectivity index (χ0n) is 16.1. The van der Waals surface area contributed by atoms with Gasteiger partial charge in [-0.3, -0.25) is 4.98 Å². The minimum Gasteiger partial charge on any atom is -0.442 e. The Labute approximate surface area is 188 Å². The highest BCUT2D eigenvalue weighted by atomic mass is 35.5. The average molecular weight is 467 g/mol. The Morgan fingerprint density at radius 1 is 1.27 bits per heavy atom. The summed E-state index contributed by atoms with van der Waals surface area (Å²) in [7, 11) is 0. The zero-order chi connectivity index (χ0) is 21.7. The number of nitrogens with zero attached hydrogens (tertiary/aromatic N) is 3. The Morgan fingerprint density at radius 3 is 2.53 bits per heavy atom. The molecule has 0 aliphatic rings. The maximum Gasteiger partial charge on any atom is 0.404 e. The summed E-state index contributed by atoms with van der Waals surface area (Å²) >= 11 is 13.8. The van der Waals surface area contributed by atoms with Crippen LogP contribution in [0.4, 0.5) is 4.79 Å². The molecule has 2 aromatic heterocycles. The van der Waals surface area contributed by atoms with Crippen molar-refractivity contribution in [2.45, 2.75) is 35.9 Å². The molecule has 1 amide bonds. The molecule has 0 aliphatic heterocycles. The van der Waals surface area contributed by atoms with Crippen molar-refractivity contribution in [3.05, 3.63) is 69.9 Å². The van der Waals surface area contributed by atoms with Gasteiger partial charge < -0.3 is 20.1 Å². The van der Waals surface area contributed by atoms with Crippen molar-refractivity contribution < 1.29 is 14.6 Å². The fourth-order valence-electron chi connectivity index (χ4n) is 2.80. The number of aliphatic hydroxyl groups is 1. The zero-order valence-corrected chi connectivity index (χ0v) is 18.4. The molecule has 0 saturated heterocycles. The van der Waals surface area contributed by atoms with Crippen LogP contribution in [0.2, 0.25) is 10.0 Å². The second-order valence-corrected chi connectivity index (χ2v) is 8.49. The molecule has 3 N–H and O–H groups in total. The predicted octanol–water partition coefficient (Wildman–Crippen LogP) is 4.48. The van der Waals surface area contributed by atoms with E-state index in [0.29, 0.717) is 28.1 Å². The van der Waals surface area contributed by atoms with Crippen LogP contribution in [0, 0.1) is 0 Å². The number of ether oxygens (including phenoxy) is 1. The van der Waals surface area contributed by atoms with Gasteiger partial charge in [0, 0.05) is 33.3 Å². The number of amides is 1. The van der Waals surface area contributed by atoms with Gasteiger partial charge >= 0.3 is 6.09 Å². The van der Waals surface area contributed by atoms with Gasteiger partial charge in [0.05, 0.1) is 18.8 Å². The molecule has 0 spiro atoms. The molecule has 0 aliphatic carbocycles. The summed E-state index contributed by atoms with van der Waals surface area (Å²) in [5, 5.41) is 11.6. The SMILES string of the molecule is CC(CO)c1nc(COC(N)=O)n(Cc2ccncc2)c1Sc1cc(Cl)cc(Cl)c1. The third-order valence-electron chi connectivity index (χ3n) is 4.25. The van der Waals surface area contributed by atoms with Crippen molar-refractivity contribution in [1.29, 1.82) is 0 Å². The van der Waals surface area contributed by atoms with Crippen molar-refractivity contribution >= 4 is 41.1 Å². The van der Waals surface area contributed by atoms with E-state index in [-0.39, 0.29) is 19.1 Å². The number of hydrogen-bond acceptors (Lipinski definition) is 6. The van der Waals surface area contributed by atoms with Crippen LogP contribution in [0.5, 0.6) is 0 Å². The molecule has 3 rings (SSSR count). The molecule has 1 aromatic carbocycles. The van der Waals surface area contributed by atoms with Crippen molar-refractivity contribution in [2.75, 3.05) is 6.61 Å². The van der Waals surface area contributed by atoms with Gasteiger partial charge in [0.1, 0.15) is 10.9 Å². The highest BCUT2D eigenvalue weighted by Gasteiger charge is 2.23. The third-order valence-corrected chi connectivity index (χ3v) is 5.78. The molecule has 158 valence electrons. The Kier molecular flexibility index (Phi) is 7.60. The number of aromatic nitrogens is 3. The van der Waals surface area contributed by atoms with E-state index >= 15 is 0 Å². The van der Waals surface area contributed by atoms with Gasteiger partial charge in [-0.25, -0.2) is 9.78 Å². The number of carbonyl (C=O) groups excluding carboxylic acids is 1. The maximum absolute atomic E-state index is 11.2.